The topological polar surface area (TPSA) is 38.7 Å². The van der Waals surface area contributed by atoms with Gasteiger partial charge in [-0.1, -0.05) is 27.7 Å². The minimum atomic E-state index is 0.860. The van der Waals surface area contributed by atoms with E-state index in [1.165, 1.54) is 0 Å². The zero-order valence-electron chi connectivity index (χ0n) is 11.3. The van der Waals surface area contributed by atoms with Gasteiger partial charge in [0.25, 0.3) is 0 Å². The van der Waals surface area contributed by atoms with E-state index in [1.54, 1.807) is 24.8 Å². The lowest BCUT2D eigenvalue weighted by molar-refractivity contribution is 1.12. The molecule has 92 valence electrons. The molecule has 0 fully saturated rings. The van der Waals surface area contributed by atoms with E-state index in [2.05, 4.69) is 15.0 Å². The fraction of sp³-hybridized carbons (Fsp3) is 0.357. The molecule has 0 bridgehead atoms. The van der Waals surface area contributed by atoms with Gasteiger partial charge in [-0.2, -0.15) is 0 Å². The smallest absolute Gasteiger partial charge is 0.0900 e. The average Bonchev–Trinajstić information content (AvgIpc) is 2.45. The van der Waals surface area contributed by atoms with Crippen LogP contribution < -0.4 is 0 Å². The standard InChI is InChI=1S/C10H9N3.2C2H6/c1-8-5-13-10(7-12-8)9-3-2-4-11-6-9;2*1-2/h2-7H,1H3;2*1-2H3. The fourth-order valence-electron chi connectivity index (χ4n) is 1.06. The summed E-state index contributed by atoms with van der Waals surface area (Å²) in [5, 5.41) is 0. The number of nitrogens with zero attached hydrogens (tertiary/aromatic N) is 3. The number of rotatable bonds is 1. The lowest BCUT2D eigenvalue weighted by Crippen LogP contribution is -1.87. The van der Waals surface area contributed by atoms with Gasteiger partial charge in [0.1, 0.15) is 0 Å². The van der Waals surface area contributed by atoms with Crippen LogP contribution in [0.3, 0.4) is 0 Å². The lowest BCUT2D eigenvalue weighted by Gasteiger charge is -1.98. The second-order valence-corrected chi connectivity index (χ2v) is 2.78. The second kappa shape index (κ2) is 9.46. The Labute approximate surface area is 104 Å². The third kappa shape index (κ3) is 5.20. The predicted octanol–water partition coefficient (Wildman–Crippen LogP) is 3.90. The Hall–Kier alpha value is -1.77. The van der Waals surface area contributed by atoms with Crippen molar-refractivity contribution in [2.75, 3.05) is 0 Å². The Kier molecular flexibility index (Phi) is 8.47. The fourth-order valence-corrected chi connectivity index (χ4v) is 1.06. The first kappa shape index (κ1) is 15.2. The maximum atomic E-state index is 4.25. The molecule has 17 heavy (non-hydrogen) atoms. The molecule has 0 amide bonds. The lowest BCUT2D eigenvalue weighted by atomic mass is 10.2. The average molecular weight is 231 g/mol. The quantitative estimate of drug-likeness (QED) is 0.747. The molecule has 0 aromatic carbocycles. The monoisotopic (exact) mass is 231 g/mol. The van der Waals surface area contributed by atoms with Crippen LogP contribution in [0, 0.1) is 6.92 Å². The summed E-state index contributed by atoms with van der Waals surface area (Å²) < 4.78 is 0. The van der Waals surface area contributed by atoms with E-state index in [0.717, 1.165) is 17.0 Å². The van der Waals surface area contributed by atoms with Crippen LogP contribution in [0.2, 0.25) is 0 Å². The van der Waals surface area contributed by atoms with Crippen LogP contribution in [-0.4, -0.2) is 15.0 Å². The highest BCUT2D eigenvalue weighted by atomic mass is 14.8. The van der Waals surface area contributed by atoms with E-state index >= 15 is 0 Å². The summed E-state index contributed by atoms with van der Waals surface area (Å²) >= 11 is 0. The van der Waals surface area contributed by atoms with Crippen LogP contribution in [-0.2, 0) is 0 Å². The summed E-state index contributed by atoms with van der Waals surface area (Å²) in [5.41, 5.74) is 2.78. The van der Waals surface area contributed by atoms with Crippen LogP contribution in [0.4, 0.5) is 0 Å². The summed E-state index contributed by atoms with van der Waals surface area (Å²) in [5.74, 6) is 0. The van der Waals surface area contributed by atoms with Crippen molar-refractivity contribution in [1.82, 2.24) is 15.0 Å². The minimum Gasteiger partial charge on any atom is -0.264 e. The van der Waals surface area contributed by atoms with Crippen LogP contribution in [0.5, 0.6) is 0 Å². The van der Waals surface area contributed by atoms with Crippen LogP contribution in [0.1, 0.15) is 33.4 Å². The summed E-state index contributed by atoms with van der Waals surface area (Å²) in [6.45, 7) is 9.92. The molecule has 2 rings (SSSR count). The first-order valence-corrected chi connectivity index (χ1v) is 6.05. The van der Waals surface area contributed by atoms with Crippen LogP contribution >= 0.6 is 0 Å². The van der Waals surface area contributed by atoms with Gasteiger partial charge in [-0.05, 0) is 19.1 Å². The van der Waals surface area contributed by atoms with E-state index in [1.807, 2.05) is 46.8 Å². The van der Waals surface area contributed by atoms with Crippen molar-refractivity contribution >= 4 is 0 Å². The molecule has 0 saturated carbocycles. The molecule has 0 spiro atoms. The SMILES string of the molecule is CC.CC.Cc1cnc(-c2cccnc2)cn1. The van der Waals surface area contributed by atoms with Crippen molar-refractivity contribution in [1.29, 1.82) is 0 Å². The van der Waals surface area contributed by atoms with E-state index < -0.39 is 0 Å². The van der Waals surface area contributed by atoms with Crippen molar-refractivity contribution in [3.05, 3.63) is 42.6 Å². The Morgan fingerprint density at radius 2 is 1.59 bits per heavy atom. The molecule has 0 aliphatic carbocycles. The summed E-state index contributed by atoms with van der Waals surface area (Å²) in [4.78, 5) is 12.4. The van der Waals surface area contributed by atoms with Gasteiger partial charge in [0.2, 0.25) is 0 Å². The highest BCUT2D eigenvalue weighted by Gasteiger charge is 1.97. The molecule has 0 aliphatic rings. The van der Waals surface area contributed by atoms with Crippen molar-refractivity contribution < 1.29 is 0 Å². The van der Waals surface area contributed by atoms with E-state index in [4.69, 9.17) is 0 Å². The number of hydrogen-bond donors (Lipinski definition) is 0. The zero-order valence-corrected chi connectivity index (χ0v) is 11.3. The summed E-state index contributed by atoms with van der Waals surface area (Å²) in [6, 6.07) is 3.85. The number of aromatic nitrogens is 3. The Bertz CT molecular complexity index is 382. The molecule has 3 nitrogen and oxygen atoms in total. The normalized spacial score (nSPS) is 8.29. The highest BCUT2D eigenvalue weighted by Crippen LogP contribution is 2.12. The zero-order chi connectivity index (χ0) is 13.1. The van der Waals surface area contributed by atoms with Crippen LogP contribution in [0.15, 0.2) is 36.9 Å². The van der Waals surface area contributed by atoms with Gasteiger partial charge in [0, 0.05) is 24.2 Å². The van der Waals surface area contributed by atoms with Gasteiger partial charge in [-0.3, -0.25) is 15.0 Å². The third-order valence-electron chi connectivity index (χ3n) is 1.74. The predicted molar refractivity (Wildman–Crippen MR) is 72.7 cm³/mol. The first-order chi connectivity index (χ1) is 8.36. The molecule has 0 radical (unpaired) electrons. The Morgan fingerprint density at radius 3 is 2.06 bits per heavy atom. The van der Waals surface area contributed by atoms with Gasteiger partial charge in [0.05, 0.1) is 17.6 Å². The number of hydrogen-bond acceptors (Lipinski definition) is 3. The van der Waals surface area contributed by atoms with Crippen molar-refractivity contribution in [3.63, 3.8) is 0 Å². The summed E-state index contributed by atoms with van der Waals surface area (Å²) in [7, 11) is 0. The molecule has 2 aromatic rings. The number of aryl methyl sites for hydroxylation is 1. The maximum Gasteiger partial charge on any atom is 0.0900 e. The molecular formula is C14H21N3. The Balaban J connectivity index is 0.000000581. The van der Waals surface area contributed by atoms with Gasteiger partial charge in [0.15, 0.2) is 0 Å². The van der Waals surface area contributed by atoms with Gasteiger partial charge < -0.3 is 0 Å². The molecule has 0 saturated heterocycles. The van der Waals surface area contributed by atoms with Crippen LogP contribution in [0.25, 0.3) is 11.3 Å². The Morgan fingerprint density at radius 1 is 0.882 bits per heavy atom. The summed E-state index contributed by atoms with van der Waals surface area (Å²) in [6.07, 6.45) is 7.03. The van der Waals surface area contributed by atoms with E-state index in [0.29, 0.717) is 0 Å². The molecule has 2 heterocycles. The maximum absolute atomic E-state index is 4.25. The van der Waals surface area contributed by atoms with Gasteiger partial charge >= 0.3 is 0 Å². The molecular weight excluding hydrogens is 210 g/mol. The third-order valence-corrected chi connectivity index (χ3v) is 1.74. The molecule has 0 aliphatic heterocycles. The van der Waals surface area contributed by atoms with E-state index in [-0.39, 0.29) is 0 Å². The molecule has 0 unspecified atom stereocenters. The van der Waals surface area contributed by atoms with E-state index in [9.17, 15) is 0 Å². The molecule has 3 heteroatoms. The van der Waals surface area contributed by atoms with Crippen molar-refractivity contribution in [3.8, 4) is 11.3 Å². The minimum absolute atomic E-state index is 0.860. The van der Waals surface area contributed by atoms with Crippen molar-refractivity contribution in [2.45, 2.75) is 34.6 Å². The highest BCUT2D eigenvalue weighted by molar-refractivity contribution is 5.55. The molecule has 0 atom stereocenters. The molecule has 2 aromatic heterocycles. The number of pyridine rings is 1. The largest absolute Gasteiger partial charge is 0.264 e. The van der Waals surface area contributed by atoms with Crippen molar-refractivity contribution in [2.24, 2.45) is 0 Å². The van der Waals surface area contributed by atoms with Gasteiger partial charge in [-0.15, -0.1) is 0 Å². The first-order valence-electron chi connectivity index (χ1n) is 6.05. The second-order valence-electron chi connectivity index (χ2n) is 2.78. The molecule has 0 N–H and O–H groups in total. The van der Waals surface area contributed by atoms with Gasteiger partial charge in [-0.25, -0.2) is 0 Å².